The number of thioether (sulfide) groups is 1. The molecule has 1 fully saturated rings. The van der Waals surface area contributed by atoms with Crippen LogP contribution >= 0.6 is 23.1 Å². The number of amides is 2. The molecule has 1 saturated heterocycles. The fourth-order valence-corrected chi connectivity index (χ4v) is 5.24. The molecule has 178 valence electrons. The number of thiazole rings is 1. The molecule has 0 radical (unpaired) electrons. The third-order valence-electron chi connectivity index (χ3n) is 5.37. The Kier molecular flexibility index (Phi) is 8.02. The zero-order valence-corrected chi connectivity index (χ0v) is 20.3. The molecule has 3 aromatic rings. The number of hydrogen-bond donors (Lipinski definition) is 1. The van der Waals surface area contributed by atoms with Crippen LogP contribution in [0.25, 0.3) is 0 Å². The maximum atomic E-state index is 13.1. The largest absolute Gasteiger partial charge is 0.497 e. The lowest BCUT2D eigenvalue weighted by atomic mass is 10.2. The van der Waals surface area contributed by atoms with E-state index >= 15 is 0 Å². The summed E-state index contributed by atoms with van der Waals surface area (Å²) in [5.74, 6) is 0.553. The number of nitrogens with zero attached hydrogens (tertiary/aromatic N) is 3. The van der Waals surface area contributed by atoms with Gasteiger partial charge in [-0.15, -0.1) is 11.3 Å². The molecular weight excluding hydrogens is 475 g/mol. The third-order valence-corrected chi connectivity index (χ3v) is 7.44. The minimum absolute atomic E-state index is 0.0383. The number of halogens is 1. The first-order valence-electron chi connectivity index (χ1n) is 10.8. The van der Waals surface area contributed by atoms with Gasteiger partial charge in [-0.1, -0.05) is 17.8 Å². The van der Waals surface area contributed by atoms with Crippen molar-refractivity contribution in [2.45, 2.75) is 10.8 Å². The zero-order chi connectivity index (χ0) is 23.9. The van der Waals surface area contributed by atoms with Gasteiger partial charge >= 0.3 is 0 Å². The van der Waals surface area contributed by atoms with Crippen molar-refractivity contribution in [3.63, 3.8) is 0 Å². The number of methoxy groups -OCH3 is 1. The first-order chi connectivity index (χ1) is 16.5. The standard InChI is InChI=1S/C24H25FN4O3S2/c1-32-21-4-2-3-18(13-21)26-22(30)16-34-24-27-19(15-33-24)14-23(31)29-11-9-28(10-12-29)20-7-5-17(25)6-8-20/h2-8,13,15H,9-12,14,16H2,1H3,(H,26,30). The number of benzene rings is 2. The Morgan fingerprint density at radius 2 is 1.91 bits per heavy atom. The van der Waals surface area contributed by atoms with Crippen molar-refractivity contribution in [2.75, 3.05) is 49.3 Å². The van der Waals surface area contributed by atoms with Crippen LogP contribution in [-0.2, 0) is 16.0 Å². The lowest BCUT2D eigenvalue weighted by Gasteiger charge is -2.36. The molecule has 1 aromatic heterocycles. The summed E-state index contributed by atoms with van der Waals surface area (Å²) in [6.07, 6.45) is 0.240. The van der Waals surface area contributed by atoms with Crippen LogP contribution in [0.15, 0.2) is 58.3 Å². The summed E-state index contributed by atoms with van der Waals surface area (Å²) in [5.41, 5.74) is 2.35. The van der Waals surface area contributed by atoms with E-state index in [1.54, 1.807) is 31.4 Å². The van der Waals surface area contributed by atoms with E-state index in [1.807, 2.05) is 22.4 Å². The number of carbonyl (C=O) groups excluding carboxylic acids is 2. The van der Waals surface area contributed by atoms with Crippen molar-refractivity contribution in [3.05, 3.63) is 65.4 Å². The van der Waals surface area contributed by atoms with Crippen LogP contribution in [0.5, 0.6) is 5.75 Å². The van der Waals surface area contributed by atoms with Gasteiger partial charge < -0.3 is 19.9 Å². The van der Waals surface area contributed by atoms with E-state index in [1.165, 1.54) is 35.2 Å². The van der Waals surface area contributed by atoms with Crippen molar-refractivity contribution in [1.29, 1.82) is 0 Å². The number of ether oxygens (including phenoxy) is 1. The van der Waals surface area contributed by atoms with E-state index < -0.39 is 0 Å². The molecule has 1 aliphatic heterocycles. The lowest BCUT2D eigenvalue weighted by molar-refractivity contribution is -0.130. The van der Waals surface area contributed by atoms with Gasteiger partial charge in [0.2, 0.25) is 11.8 Å². The average Bonchev–Trinajstić information content (AvgIpc) is 3.30. The second-order valence-corrected chi connectivity index (χ2v) is 9.78. The Balaban J connectivity index is 1.21. The summed E-state index contributed by atoms with van der Waals surface area (Å²) in [7, 11) is 1.58. The Labute approximate surface area is 205 Å². The Morgan fingerprint density at radius 3 is 2.65 bits per heavy atom. The van der Waals surface area contributed by atoms with Crippen LogP contribution < -0.4 is 15.0 Å². The molecule has 0 spiro atoms. The van der Waals surface area contributed by atoms with Crippen molar-refractivity contribution in [2.24, 2.45) is 0 Å². The van der Waals surface area contributed by atoms with Gasteiger partial charge in [-0.3, -0.25) is 9.59 Å². The van der Waals surface area contributed by atoms with Gasteiger partial charge in [0.25, 0.3) is 0 Å². The summed E-state index contributed by atoms with van der Waals surface area (Å²) in [4.78, 5) is 33.5. The maximum absolute atomic E-state index is 13.1. The summed E-state index contributed by atoms with van der Waals surface area (Å²) >= 11 is 2.78. The number of hydrogen-bond acceptors (Lipinski definition) is 7. The maximum Gasteiger partial charge on any atom is 0.234 e. The van der Waals surface area contributed by atoms with Crippen LogP contribution in [0.3, 0.4) is 0 Å². The Hall–Kier alpha value is -3.11. The number of rotatable bonds is 8. The number of carbonyl (C=O) groups is 2. The minimum Gasteiger partial charge on any atom is -0.497 e. The van der Waals surface area contributed by atoms with Gasteiger partial charge in [0.05, 0.1) is 25.0 Å². The highest BCUT2D eigenvalue weighted by Crippen LogP contribution is 2.24. The molecule has 0 unspecified atom stereocenters. The molecule has 1 N–H and O–H groups in total. The van der Waals surface area contributed by atoms with Crippen molar-refractivity contribution < 1.29 is 18.7 Å². The predicted molar refractivity (Wildman–Crippen MR) is 133 cm³/mol. The fourth-order valence-electron chi connectivity index (χ4n) is 3.59. The molecule has 34 heavy (non-hydrogen) atoms. The van der Waals surface area contributed by atoms with Crippen LogP contribution in [0.4, 0.5) is 15.8 Å². The van der Waals surface area contributed by atoms with E-state index in [9.17, 15) is 14.0 Å². The molecular formula is C24H25FN4O3S2. The third kappa shape index (κ3) is 6.48. The van der Waals surface area contributed by atoms with Gasteiger partial charge in [-0.25, -0.2) is 9.37 Å². The summed E-state index contributed by atoms with van der Waals surface area (Å²) < 4.78 is 19.0. The number of piperazine rings is 1. The van der Waals surface area contributed by atoms with Crippen LogP contribution in [0, 0.1) is 5.82 Å². The van der Waals surface area contributed by atoms with Gasteiger partial charge in [-0.2, -0.15) is 0 Å². The van der Waals surface area contributed by atoms with E-state index in [2.05, 4.69) is 15.2 Å². The topological polar surface area (TPSA) is 74.8 Å². The summed E-state index contributed by atoms with van der Waals surface area (Å²) in [6, 6.07) is 13.6. The molecule has 7 nitrogen and oxygen atoms in total. The molecule has 0 atom stereocenters. The normalized spacial score (nSPS) is 13.6. The molecule has 0 saturated carbocycles. The molecule has 0 bridgehead atoms. The van der Waals surface area contributed by atoms with E-state index in [0.29, 0.717) is 43.3 Å². The molecule has 10 heteroatoms. The number of anilines is 2. The SMILES string of the molecule is COc1cccc(NC(=O)CSc2nc(CC(=O)N3CCN(c4ccc(F)cc4)CC3)cs2)c1. The Bertz CT molecular complexity index is 1130. The smallest absolute Gasteiger partial charge is 0.234 e. The van der Waals surface area contributed by atoms with E-state index in [4.69, 9.17) is 4.74 Å². The highest BCUT2D eigenvalue weighted by atomic mass is 32.2. The second kappa shape index (κ2) is 11.3. The molecule has 0 aliphatic carbocycles. The van der Waals surface area contributed by atoms with Gasteiger partial charge in [0, 0.05) is 49.0 Å². The summed E-state index contributed by atoms with van der Waals surface area (Å²) in [5, 5.41) is 4.71. The van der Waals surface area contributed by atoms with E-state index in [0.717, 1.165) is 10.0 Å². The highest BCUT2D eigenvalue weighted by molar-refractivity contribution is 8.01. The highest BCUT2D eigenvalue weighted by Gasteiger charge is 2.22. The molecule has 2 amide bonds. The fraction of sp³-hybridized carbons (Fsp3) is 0.292. The van der Waals surface area contributed by atoms with Gasteiger partial charge in [0.1, 0.15) is 11.6 Å². The van der Waals surface area contributed by atoms with Gasteiger partial charge in [-0.05, 0) is 36.4 Å². The van der Waals surface area contributed by atoms with Crippen molar-refractivity contribution >= 4 is 46.3 Å². The number of aromatic nitrogens is 1. The second-order valence-electron chi connectivity index (χ2n) is 7.69. The molecule has 1 aliphatic rings. The lowest BCUT2D eigenvalue weighted by Crippen LogP contribution is -2.49. The summed E-state index contributed by atoms with van der Waals surface area (Å²) in [6.45, 7) is 2.65. The van der Waals surface area contributed by atoms with Crippen molar-refractivity contribution in [3.8, 4) is 5.75 Å². The van der Waals surface area contributed by atoms with Crippen LogP contribution in [0.2, 0.25) is 0 Å². The molecule has 2 heterocycles. The van der Waals surface area contributed by atoms with Crippen LogP contribution in [0.1, 0.15) is 5.69 Å². The molecule has 2 aromatic carbocycles. The number of nitrogens with one attached hydrogen (secondary N) is 1. The van der Waals surface area contributed by atoms with Gasteiger partial charge in [0.15, 0.2) is 4.34 Å². The predicted octanol–water partition coefficient (Wildman–Crippen LogP) is 3.91. The Morgan fingerprint density at radius 1 is 1.15 bits per heavy atom. The first-order valence-corrected chi connectivity index (χ1v) is 12.7. The molecule has 4 rings (SSSR count). The van der Waals surface area contributed by atoms with Crippen molar-refractivity contribution in [1.82, 2.24) is 9.88 Å². The minimum atomic E-state index is -0.254. The average molecular weight is 501 g/mol. The first kappa shape index (κ1) is 24.0. The quantitative estimate of drug-likeness (QED) is 0.473. The monoisotopic (exact) mass is 500 g/mol. The van der Waals surface area contributed by atoms with E-state index in [-0.39, 0.29) is 29.8 Å². The van der Waals surface area contributed by atoms with Crippen LogP contribution in [-0.4, -0.2) is 60.7 Å². The zero-order valence-electron chi connectivity index (χ0n) is 18.7.